The van der Waals surface area contributed by atoms with Crippen LogP contribution in [0.1, 0.15) is 35.4 Å². The summed E-state index contributed by atoms with van der Waals surface area (Å²) < 4.78 is 10.4. The molecule has 0 radical (unpaired) electrons. The SMILES string of the molecule is COCCCC(C(C(=O)C=O)=C(O)c1ccc(OC)c(C)c1)c1ccc(Cl)cc1Cl. The van der Waals surface area contributed by atoms with Gasteiger partial charge in [-0.05, 0) is 61.2 Å². The number of allylic oxidation sites excluding steroid dienone is 1. The van der Waals surface area contributed by atoms with Crippen LogP contribution in [0.5, 0.6) is 5.75 Å². The largest absolute Gasteiger partial charge is 0.507 e. The smallest absolute Gasteiger partial charge is 0.225 e. The molecular weight excluding hydrogens is 427 g/mol. The van der Waals surface area contributed by atoms with E-state index in [1.807, 2.05) is 6.92 Å². The molecule has 0 fully saturated rings. The number of carbonyl (C=O) groups is 2. The van der Waals surface area contributed by atoms with Gasteiger partial charge in [0, 0.05) is 35.2 Å². The van der Waals surface area contributed by atoms with Crippen molar-refractivity contribution in [3.8, 4) is 5.75 Å². The van der Waals surface area contributed by atoms with Crippen LogP contribution in [-0.4, -0.2) is 38.0 Å². The molecule has 1 N–H and O–H groups in total. The third-order valence-corrected chi connectivity index (χ3v) is 5.39. The second kappa shape index (κ2) is 11.2. The van der Waals surface area contributed by atoms with Crippen LogP contribution in [0.3, 0.4) is 0 Å². The number of hydrogen-bond acceptors (Lipinski definition) is 5. The quantitative estimate of drug-likeness (QED) is 0.168. The number of Topliss-reactive ketones (excluding diaryl/α,β-unsaturated/α-hetero) is 1. The molecule has 0 amide bonds. The lowest BCUT2D eigenvalue weighted by Crippen LogP contribution is -2.17. The molecule has 0 saturated carbocycles. The highest BCUT2D eigenvalue weighted by molar-refractivity contribution is 6.36. The van der Waals surface area contributed by atoms with Crippen LogP contribution in [0.15, 0.2) is 42.0 Å². The van der Waals surface area contributed by atoms with Gasteiger partial charge in [0.25, 0.3) is 0 Å². The third kappa shape index (κ3) is 5.63. The molecule has 2 aromatic carbocycles. The highest BCUT2D eigenvalue weighted by Gasteiger charge is 2.28. The molecule has 30 heavy (non-hydrogen) atoms. The number of methoxy groups -OCH3 is 2. The average molecular weight is 451 g/mol. The van der Waals surface area contributed by atoms with Crippen LogP contribution in [0.2, 0.25) is 10.0 Å². The van der Waals surface area contributed by atoms with Crippen molar-refractivity contribution in [2.75, 3.05) is 20.8 Å². The number of ketones is 1. The zero-order valence-corrected chi connectivity index (χ0v) is 18.6. The number of carbonyl (C=O) groups excluding carboxylic acids is 2. The minimum absolute atomic E-state index is 0.0186. The molecule has 2 aromatic rings. The molecule has 160 valence electrons. The zero-order chi connectivity index (χ0) is 22.3. The third-order valence-electron chi connectivity index (χ3n) is 4.82. The van der Waals surface area contributed by atoms with E-state index in [1.54, 1.807) is 50.6 Å². The standard InChI is InChI=1S/C23H24Cl2O5/c1-14-11-15(6-9-21(14)30-3)23(28)22(20(27)13-26)18(5-4-10-29-2)17-8-7-16(24)12-19(17)25/h6-9,11-13,18,28H,4-5,10H2,1-3H3. The van der Waals surface area contributed by atoms with E-state index in [2.05, 4.69) is 0 Å². The van der Waals surface area contributed by atoms with Crippen LogP contribution in [-0.2, 0) is 14.3 Å². The highest BCUT2D eigenvalue weighted by atomic mass is 35.5. The monoisotopic (exact) mass is 450 g/mol. The Morgan fingerprint density at radius 1 is 1.17 bits per heavy atom. The van der Waals surface area contributed by atoms with Crippen molar-refractivity contribution in [1.29, 1.82) is 0 Å². The van der Waals surface area contributed by atoms with Gasteiger partial charge >= 0.3 is 0 Å². The van der Waals surface area contributed by atoms with Crippen LogP contribution >= 0.6 is 23.2 Å². The fourth-order valence-corrected chi connectivity index (χ4v) is 3.91. The molecule has 0 saturated heterocycles. The minimum atomic E-state index is -0.811. The van der Waals surface area contributed by atoms with Crippen molar-refractivity contribution in [1.82, 2.24) is 0 Å². The van der Waals surface area contributed by atoms with Crippen molar-refractivity contribution in [2.45, 2.75) is 25.7 Å². The first-order valence-corrected chi connectivity index (χ1v) is 10.1. The van der Waals surface area contributed by atoms with Gasteiger partial charge in [-0.1, -0.05) is 29.3 Å². The maximum atomic E-state index is 12.6. The van der Waals surface area contributed by atoms with E-state index in [9.17, 15) is 14.7 Å². The van der Waals surface area contributed by atoms with Crippen LogP contribution in [0.25, 0.3) is 5.76 Å². The van der Waals surface area contributed by atoms with E-state index in [1.165, 1.54) is 0 Å². The molecule has 5 nitrogen and oxygen atoms in total. The van der Waals surface area contributed by atoms with E-state index >= 15 is 0 Å². The fourth-order valence-electron chi connectivity index (χ4n) is 3.37. The number of aliphatic hydroxyl groups excluding tert-OH is 1. The maximum Gasteiger partial charge on any atom is 0.225 e. The maximum absolute atomic E-state index is 12.6. The molecule has 0 aliphatic rings. The first-order chi connectivity index (χ1) is 14.3. The zero-order valence-electron chi connectivity index (χ0n) is 17.1. The summed E-state index contributed by atoms with van der Waals surface area (Å²) in [4.78, 5) is 24.1. The summed E-state index contributed by atoms with van der Waals surface area (Å²) in [6.45, 7) is 2.27. The summed E-state index contributed by atoms with van der Waals surface area (Å²) in [5.74, 6) is -1.06. The molecule has 2 rings (SSSR count). The van der Waals surface area contributed by atoms with Gasteiger partial charge in [0.2, 0.25) is 5.78 Å². The topological polar surface area (TPSA) is 72.8 Å². The molecular formula is C23H24Cl2O5. The summed E-state index contributed by atoms with van der Waals surface area (Å²) in [6.07, 6.45) is 1.23. The summed E-state index contributed by atoms with van der Waals surface area (Å²) in [5, 5.41) is 11.9. The Labute approximate surface area is 186 Å². The van der Waals surface area contributed by atoms with Crippen molar-refractivity contribution in [3.63, 3.8) is 0 Å². The Morgan fingerprint density at radius 2 is 1.90 bits per heavy atom. The highest BCUT2D eigenvalue weighted by Crippen LogP contribution is 2.38. The van der Waals surface area contributed by atoms with Crippen LogP contribution < -0.4 is 4.74 Å². The number of hydrogen-bond donors (Lipinski definition) is 1. The molecule has 0 bridgehead atoms. The first kappa shape index (κ1) is 23.9. The van der Waals surface area contributed by atoms with Gasteiger partial charge < -0.3 is 14.6 Å². The van der Waals surface area contributed by atoms with Gasteiger partial charge in [-0.3, -0.25) is 9.59 Å². The van der Waals surface area contributed by atoms with Gasteiger partial charge in [0.15, 0.2) is 6.29 Å². The summed E-state index contributed by atoms with van der Waals surface area (Å²) in [6, 6.07) is 9.95. The van der Waals surface area contributed by atoms with E-state index < -0.39 is 11.7 Å². The van der Waals surface area contributed by atoms with E-state index in [0.717, 1.165) is 5.56 Å². The molecule has 0 aliphatic carbocycles. The molecule has 0 aliphatic heterocycles. The predicted octanol–water partition coefficient (Wildman–Crippen LogP) is 5.56. The Bertz CT molecular complexity index is 953. The Hall–Kier alpha value is -2.34. The van der Waals surface area contributed by atoms with Crippen molar-refractivity contribution < 1.29 is 24.2 Å². The minimum Gasteiger partial charge on any atom is -0.507 e. The second-order valence-electron chi connectivity index (χ2n) is 6.78. The molecule has 1 atom stereocenters. The van der Waals surface area contributed by atoms with Crippen LogP contribution in [0.4, 0.5) is 0 Å². The lowest BCUT2D eigenvalue weighted by Gasteiger charge is -2.22. The van der Waals surface area contributed by atoms with Crippen molar-refractivity contribution in [2.24, 2.45) is 0 Å². The summed E-state index contributed by atoms with van der Waals surface area (Å²) in [7, 11) is 3.13. The second-order valence-corrected chi connectivity index (χ2v) is 7.63. The number of aldehydes is 1. The Kier molecular flexibility index (Phi) is 8.90. The van der Waals surface area contributed by atoms with Gasteiger partial charge in [-0.2, -0.15) is 0 Å². The molecule has 1 unspecified atom stereocenters. The number of aryl methyl sites for hydroxylation is 1. The van der Waals surface area contributed by atoms with Crippen molar-refractivity contribution in [3.05, 3.63) is 68.7 Å². The van der Waals surface area contributed by atoms with Crippen LogP contribution in [0, 0.1) is 6.92 Å². The number of halogens is 2. The average Bonchev–Trinajstić information content (AvgIpc) is 2.72. The Morgan fingerprint density at radius 3 is 2.47 bits per heavy atom. The van der Waals surface area contributed by atoms with E-state index in [0.29, 0.717) is 46.4 Å². The number of benzene rings is 2. The number of rotatable bonds is 10. The van der Waals surface area contributed by atoms with E-state index in [4.69, 9.17) is 32.7 Å². The van der Waals surface area contributed by atoms with Gasteiger partial charge in [0.1, 0.15) is 11.5 Å². The summed E-state index contributed by atoms with van der Waals surface area (Å²) in [5.41, 5.74) is 1.76. The van der Waals surface area contributed by atoms with Gasteiger partial charge in [-0.25, -0.2) is 0 Å². The van der Waals surface area contributed by atoms with Gasteiger partial charge in [-0.15, -0.1) is 0 Å². The molecule has 0 aromatic heterocycles. The van der Waals surface area contributed by atoms with Gasteiger partial charge in [0.05, 0.1) is 12.7 Å². The van der Waals surface area contributed by atoms with E-state index in [-0.39, 0.29) is 17.6 Å². The molecule has 7 heteroatoms. The Balaban J connectivity index is 2.68. The lowest BCUT2D eigenvalue weighted by atomic mass is 9.83. The lowest BCUT2D eigenvalue weighted by molar-refractivity contribution is -0.127. The fraction of sp³-hybridized carbons (Fsp3) is 0.304. The number of aliphatic hydroxyl groups is 1. The molecule has 0 spiro atoms. The first-order valence-electron chi connectivity index (χ1n) is 9.35. The predicted molar refractivity (Wildman–Crippen MR) is 119 cm³/mol. The molecule has 0 heterocycles. The normalized spacial score (nSPS) is 12.8. The van der Waals surface area contributed by atoms with Crippen molar-refractivity contribution >= 4 is 41.0 Å². The number of ether oxygens (including phenoxy) is 2. The summed E-state index contributed by atoms with van der Waals surface area (Å²) >= 11 is 12.4.